The monoisotopic (exact) mass is 219 g/mol. The Kier molecular flexibility index (Phi) is 3.99. The highest BCUT2D eigenvalue weighted by Gasteiger charge is 2.40. The summed E-state index contributed by atoms with van der Waals surface area (Å²) >= 11 is 0. The van der Waals surface area contributed by atoms with Crippen LogP contribution in [0.5, 0.6) is 0 Å². The summed E-state index contributed by atoms with van der Waals surface area (Å²) in [6.07, 6.45) is 11.7. The highest BCUT2D eigenvalue weighted by molar-refractivity contribution is 5.71. The summed E-state index contributed by atoms with van der Waals surface area (Å²) < 4.78 is 10.1. The Morgan fingerprint density at radius 2 is 2.31 bits per heavy atom. The number of hydrogen-bond donors (Lipinski definition) is 0. The first-order valence-corrected chi connectivity index (χ1v) is 4.79. The molecule has 0 aromatic heterocycles. The van der Waals surface area contributed by atoms with Gasteiger partial charge in [0.1, 0.15) is 6.61 Å². The van der Waals surface area contributed by atoms with E-state index in [1.165, 1.54) is 11.0 Å². The minimum absolute atomic E-state index is 0.126. The van der Waals surface area contributed by atoms with E-state index in [4.69, 9.17) is 22.3 Å². The number of carbonyl (C=O) groups is 1. The Morgan fingerprint density at radius 1 is 1.62 bits per heavy atom. The summed E-state index contributed by atoms with van der Waals surface area (Å²) in [6.45, 7) is 4.43. The summed E-state index contributed by atoms with van der Waals surface area (Å²) in [5.74, 6) is 4.83. The first-order chi connectivity index (χ1) is 7.70. The summed E-state index contributed by atoms with van der Waals surface area (Å²) in [6, 6.07) is 0. The fourth-order valence-electron chi connectivity index (χ4n) is 1.38. The molecular weight excluding hydrogens is 206 g/mol. The molecule has 84 valence electrons. The van der Waals surface area contributed by atoms with Crippen LogP contribution in [0.4, 0.5) is 4.79 Å². The van der Waals surface area contributed by atoms with Crippen molar-refractivity contribution < 1.29 is 14.3 Å². The lowest BCUT2D eigenvalue weighted by Crippen LogP contribution is -2.57. The first-order valence-electron chi connectivity index (χ1n) is 4.79. The minimum Gasteiger partial charge on any atom is -0.445 e. The maximum Gasteiger partial charge on any atom is 0.412 e. The summed E-state index contributed by atoms with van der Waals surface area (Å²) in [4.78, 5) is 13.0. The van der Waals surface area contributed by atoms with Crippen molar-refractivity contribution in [2.45, 2.75) is 5.54 Å². The molecule has 1 aliphatic rings. The zero-order valence-corrected chi connectivity index (χ0v) is 8.94. The van der Waals surface area contributed by atoms with Crippen LogP contribution in [0.2, 0.25) is 0 Å². The van der Waals surface area contributed by atoms with Crippen LogP contribution in [-0.2, 0) is 9.47 Å². The molecule has 1 amide bonds. The van der Waals surface area contributed by atoms with Crippen LogP contribution in [-0.4, -0.2) is 42.9 Å². The zero-order valence-electron chi connectivity index (χ0n) is 8.94. The molecule has 0 radical (unpaired) electrons. The zero-order chi connectivity index (χ0) is 12.0. The molecule has 1 rings (SSSR count). The van der Waals surface area contributed by atoms with Crippen LogP contribution in [0.1, 0.15) is 0 Å². The van der Waals surface area contributed by atoms with E-state index in [1.807, 2.05) is 0 Å². The Balaban J connectivity index is 2.83. The quantitative estimate of drug-likeness (QED) is 0.505. The van der Waals surface area contributed by atoms with Crippen LogP contribution in [0.25, 0.3) is 0 Å². The maximum absolute atomic E-state index is 11.7. The van der Waals surface area contributed by atoms with Crippen molar-refractivity contribution in [3.8, 4) is 24.7 Å². The van der Waals surface area contributed by atoms with Crippen LogP contribution in [0, 0.1) is 24.7 Å². The van der Waals surface area contributed by atoms with Gasteiger partial charge in [0, 0.05) is 6.54 Å². The van der Waals surface area contributed by atoms with Crippen molar-refractivity contribution in [2.75, 3.05) is 26.4 Å². The number of ether oxygens (including phenoxy) is 2. The smallest absolute Gasteiger partial charge is 0.412 e. The molecule has 16 heavy (non-hydrogen) atoms. The fraction of sp³-hybridized carbons (Fsp3) is 0.417. The van der Waals surface area contributed by atoms with Gasteiger partial charge < -0.3 is 9.47 Å². The Bertz CT molecular complexity index is 347. The topological polar surface area (TPSA) is 38.8 Å². The van der Waals surface area contributed by atoms with Gasteiger partial charge in [-0.2, -0.15) is 0 Å². The number of hydrogen-bond acceptors (Lipinski definition) is 3. The van der Waals surface area contributed by atoms with Crippen molar-refractivity contribution in [2.24, 2.45) is 0 Å². The van der Waals surface area contributed by atoms with E-state index in [2.05, 4.69) is 18.4 Å². The molecule has 0 unspecified atom stereocenters. The number of rotatable bonds is 2. The third kappa shape index (κ3) is 2.18. The van der Waals surface area contributed by atoms with E-state index in [9.17, 15) is 4.79 Å². The molecule has 1 saturated heterocycles. The van der Waals surface area contributed by atoms with Gasteiger partial charge in [0.2, 0.25) is 0 Å². The third-order valence-electron chi connectivity index (χ3n) is 2.25. The van der Waals surface area contributed by atoms with Crippen molar-refractivity contribution in [1.29, 1.82) is 0 Å². The molecule has 4 nitrogen and oxygen atoms in total. The van der Waals surface area contributed by atoms with Gasteiger partial charge in [0.05, 0.1) is 13.2 Å². The van der Waals surface area contributed by atoms with Gasteiger partial charge in [-0.05, 0) is 0 Å². The van der Waals surface area contributed by atoms with Gasteiger partial charge in [-0.15, -0.1) is 12.8 Å². The lowest BCUT2D eigenvalue weighted by molar-refractivity contribution is -0.0129. The first kappa shape index (κ1) is 12.2. The summed E-state index contributed by atoms with van der Waals surface area (Å²) in [7, 11) is 0. The third-order valence-corrected chi connectivity index (χ3v) is 2.25. The standard InChI is InChI=1S/C12H13NO3/c1-4-8-16-11(14)13-7-9-15-10-12(13,5-2)6-3/h2-4H,1,7-10H2. The van der Waals surface area contributed by atoms with Crippen LogP contribution in [0.15, 0.2) is 12.7 Å². The van der Waals surface area contributed by atoms with Crippen molar-refractivity contribution in [1.82, 2.24) is 4.90 Å². The largest absolute Gasteiger partial charge is 0.445 e. The summed E-state index contributed by atoms with van der Waals surface area (Å²) in [5.41, 5.74) is -1.14. The molecule has 0 saturated carbocycles. The van der Waals surface area contributed by atoms with Crippen molar-refractivity contribution in [3.05, 3.63) is 12.7 Å². The minimum atomic E-state index is -1.14. The average molecular weight is 219 g/mol. The predicted octanol–water partition coefficient (Wildman–Crippen LogP) is 0.646. The highest BCUT2D eigenvalue weighted by Crippen LogP contribution is 2.19. The van der Waals surface area contributed by atoms with E-state index in [1.54, 1.807) is 0 Å². The van der Waals surface area contributed by atoms with Crippen LogP contribution < -0.4 is 0 Å². The van der Waals surface area contributed by atoms with E-state index in [0.717, 1.165) is 0 Å². The van der Waals surface area contributed by atoms with Gasteiger partial charge >= 0.3 is 6.09 Å². The number of morpholine rings is 1. The molecule has 0 aromatic rings. The molecule has 1 fully saturated rings. The molecule has 0 aliphatic carbocycles. The molecule has 0 spiro atoms. The Labute approximate surface area is 95.2 Å². The fourth-order valence-corrected chi connectivity index (χ4v) is 1.38. The second-order valence-electron chi connectivity index (χ2n) is 3.22. The van der Waals surface area contributed by atoms with Gasteiger partial charge in [-0.3, -0.25) is 4.90 Å². The molecule has 0 atom stereocenters. The average Bonchev–Trinajstić information content (AvgIpc) is 2.35. The number of amides is 1. The number of nitrogens with zero attached hydrogens (tertiary/aromatic N) is 1. The normalized spacial score (nSPS) is 18.0. The van der Waals surface area contributed by atoms with E-state index < -0.39 is 11.6 Å². The molecular formula is C12H13NO3. The van der Waals surface area contributed by atoms with E-state index in [0.29, 0.717) is 13.2 Å². The van der Waals surface area contributed by atoms with Crippen LogP contribution in [0.3, 0.4) is 0 Å². The predicted molar refractivity (Wildman–Crippen MR) is 59.5 cm³/mol. The maximum atomic E-state index is 11.7. The van der Waals surface area contributed by atoms with Crippen LogP contribution >= 0.6 is 0 Å². The van der Waals surface area contributed by atoms with E-state index >= 15 is 0 Å². The van der Waals surface area contributed by atoms with E-state index in [-0.39, 0.29) is 13.2 Å². The Hall–Kier alpha value is -1.91. The second kappa shape index (κ2) is 5.25. The van der Waals surface area contributed by atoms with Gasteiger partial charge in [0.15, 0.2) is 5.54 Å². The molecule has 0 N–H and O–H groups in total. The number of terminal acetylenes is 2. The Morgan fingerprint density at radius 3 is 2.88 bits per heavy atom. The van der Waals surface area contributed by atoms with Gasteiger partial charge in [-0.25, -0.2) is 4.79 Å². The molecule has 0 bridgehead atoms. The van der Waals surface area contributed by atoms with Gasteiger partial charge in [-0.1, -0.05) is 24.5 Å². The SMILES string of the molecule is C#CC1(C#C)COCCN1C(=O)OCC=C. The molecule has 0 aromatic carbocycles. The van der Waals surface area contributed by atoms with Gasteiger partial charge in [0.25, 0.3) is 0 Å². The molecule has 1 heterocycles. The summed E-state index contributed by atoms with van der Waals surface area (Å²) in [5, 5.41) is 0. The number of carbonyl (C=O) groups excluding carboxylic acids is 1. The lowest BCUT2D eigenvalue weighted by atomic mass is 10.00. The van der Waals surface area contributed by atoms with Crippen molar-refractivity contribution in [3.63, 3.8) is 0 Å². The molecule has 4 heteroatoms. The molecule has 1 aliphatic heterocycles. The lowest BCUT2D eigenvalue weighted by Gasteiger charge is -2.38. The second-order valence-corrected chi connectivity index (χ2v) is 3.22. The highest BCUT2D eigenvalue weighted by atomic mass is 16.6. The van der Waals surface area contributed by atoms with Crippen molar-refractivity contribution >= 4 is 6.09 Å².